The van der Waals surface area contributed by atoms with Crippen LogP contribution in [-0.2, 0) is 14.8 Å². The quantitative estimate of drug-likeness (QED) is 0.605. The van der Waals surface area contributed by atoms with E-state index in [2.05, 4.69) is 4.72 Å². The van der Waals surface area contributed by atoms with E-state index in [1.807, 2.05) is 0 Å². The lowest BCUT2D eigenvalue weighted by molar-refractivity contribution is 0.0306. The summed E-state index contributed by atoms with van der Waals surface area (Å²) >= 11 is 1.39. The fourth-order valence-electron chi connectivity index (χ4n) is 3.34. The number of hydrogen-bond acceptors (Lipinski definition) is 7. The van der Waals surface area contributed by atoms with Crippen molar-refractivity contribution >= 4 is 43.0 Å². The van der Waals surface area contributed by atoms with Crippen molar-refractivity contribution in [1.82, 2.24) is 4.90 Å². The van der Waals surface area contributed by atoms with E-state index in [4.69, 9.17) is 14.2 Å². The van der Waals surface area contributed by atoms with Crippen LogP contribution in [0.2, 0.25) is 0 Å². The number of thiophene rings is 1. The van der Waals surface area contributed by atoms with Crippen molar-refractivity contribution in [2.75, 3.05) is 45.2 Å². The van der Waals surface area contributed by atoms with Crippen molar-refractivity contribution in [3.05, 3.63) is 47.3 Å². The molecule has 1 N–H and O–H groups in total. The number of carbonyl (C=O) groups excluding carboxylic acids is 1. The maximum Gasteiger partial charge on any atom is 0.265 e. The van der Waals surface area contributed by atoms with E-state index in [0.29, 0.717) is 42.6 Å². The molecule has 2 heterocycles. The van der Waals surface area contributed by atoms with E-state index in [9.17, 15) is 13.2 Å². The second-order valence-electron chi connectivity index (χ2n) is 6.89. The second kappa shape index (κ2) is 8.74. The van der Waals surface area contributed by atoms with Gasteiger partial charge >= 0.3 is 0 Å². The highest BCUT2D eigenvalue weighted by Crippen LogP contribution is 2.32. The number of benzene rings is 2. The number of rotatable bonds is 6. The van der Waals surface area contributed by atoms with Gasteiger partial charge in [-0.1, -0.05) is 0 Å². The first-order valence-electron chi connectivity index (χ1n) is 9.57. The minimum absolute atomic E-state index is 0.0250. The van der Waals surface area contributed by atoms with Crippen molar-refractivity contribution in [3.63, 3.8) is 0 Å². The lowest BCUT2D eigenvalue weighted by atomic mass is 10.2. The van der Waals surface area contributed by atoms with E-state index in [1.165, 1.54) is 31.6 Å². The fourth-order valence-corrected chi connectivity index (χ4v) is 5.58. The molecular formula is C21H22N2O6S2. The molecule has 0 unspecified atom stereocenters. The monoisotopic (exact) mass is 462 g/mol. The minimum Gasteiger partial charge on any atom is -0.497 e. The van der Waals surface area contributed by atoms with Gasteiger partial charge in [-0.3, -0.25) is 9.52 Å². The fraction of sp³-hybridized carbons (Fsp3) is 0.286. The molecular weight excluding hydrogens is 440 g/mol. The zero-order chi connectivity index (χ0) is 22.0. The first kappa shape index (κ1) is 21.4. The third-order valence-electron chi connectivity index (χ3n) is 4.94. The van der Waals surface area contributed by atoms with E-state index >= 15 is 0 Å². The van der Waals surface area contributed by atoms with Gasteiger partial charge in [0.1, 0.15) is 16.4 Å². The van der Waals surface area contributed by atoms with E-state index in [-0.39, 0.29) is 16.6 Å². The maximum atomic E-state index is 13.0. The number of anilines is 1. The van der Waals surface area contributed by atoms with Crippen LogP contribution in [0.15, 0.2) is 47.4 Å². The molecule has 31 heavy (non-hydrogen) atoms. The lowest BCUT2D eigenvalue weighted by Gasteiger charge is -2.26. The highest BCUT2D eigenvalue weighted by Gasteiger charge is 2.23. The molecule has 0 spiro atoms. The summed E-state index contributed by atoms with van der Waals surface area (Å²) in [6, 6.07) is 11.6. The molecule has 1 amide bonds. The van der Waals surface area contributed by atoms with Crippen LogP contribution in [0.5, 0.6) is 11.5 Å². The number of nitrogens with zero attached hydrogens (tertiary/aromatic N) is 1. The molecule has 0 saturated carbocycles. The van der Waals surface area contributed by atoms with Crippen molar-refractivity contribution in [2.24, 2.45) is 0 Å². The third kappa shape index (κ3) is 4.46. The van der Waals surface area contributed by atoms with Crippen LogP contribution >= 0.6 is 11.3 Å². The van der Waals surface area contributed by atoms with Gasteiger partial charge in [-0.15, -0.1) is 11.3 Å². The molecule has 8 nitrogen and oxygen atoms in total. The van der Waals surface area contributed by atoms with Crippen LogP contribution in [0, 0.1) is 0 Å². The third-order valence-corrected chi connectivity index (χ3v) is 7.44. The van der Waals surface area contributed by atoms with Gasteiger partial charge in [0.2, 0.25) is 0 Å². The van der Waals surface area contributed by atoms with Crippen molar-refractivity contribution in [1.29, 1.82) is 0 Å². The largest absolute Gasteiger partial charge is 0.497 e. The predicted molar refractivity (Wildman–Crippen MR) is 119 cm³/mol. The number of hydrogen-bond donors (Lipinski definition) is 1. The molecule has 0 atom stereocenters. The van der Waals surface area contributed by atoms with Crippen LogP contribution in [0.3, 0.4) is 0 Å². The summed E-state index contributed by atoms with van der Waals surface area (Å²) in [7, 11) is -1.05. The smallest absolute Gasteiger partial charge is 0.265 e. The Balaban J connectivity index is 1.61. The number of carbonyl (C=O) groups is 1. The van der Waals surface area contributed by atoms with Gasteiger partial charge < -0.3 is 19.1 Å². The van der Waals surface area contributed by atoms with Crippen LogP contribution in [-0.4, -0.2) is 59.7 Å². The molecule has 0 aliphatic carbocycles. The molecule has 1 saturated heterocycles. The summed E-state index contributed by atoms with van der Waals surface area (Å²) in [6.07, 6.45) is 0. The number of methoxy groups -OCH3 is 2. The number of fused-ring (bicyclic) bond motifs is 1. The molecule has 164 valence electrons. The standard InChI is InChI=1S/C21H22N2O6S2/c1-27-16-4-5-17(28-2)20(13-16)31(25,26)22-15-3-6-18-14(11-15)12-19(30-18)21(24)23-7-9-29-10-8-23/h3-6,11-13,22H,7-10H2,1-2H3. The molecule has 3 aromatic rings. The molecule has 1 aliphatic rings. The van der Waals surface area contributed by atoms with Gasteiger partial charge in [0.05, 0.1) is 32.3 Å². The van der Waals surface area contributed by atoms with Crippen LogP contribution in [0.1, 0.15) is 9.67 Å². The van der Waals surface area contributed by atoms with Gasteiger partial charge in [0, 0.05) is 29.5 Å². The summed E-state index contributed by atoms with van der Waals surface area (Å²) in [5.74, 6) is 0.580. The van der Waals surface area contributed by atoms with Gasteiger partial charge in [0.25, 0.3) is 15.9 Å². The van der Waals surface area contributed by atoms with Gasteiger partial charge in [-0.2, -0.15) is 0 Å². The second-order valence-corrected chi connectivity index (χ2v) is 9.62. The number of sulfonamides is 1. The predicted octanol–water partition coefficient (Wildman–Crippen LogP) is 3.19. The minimum atomic E-state index is -3.92. The zero-order valence-corrected chi connectivity index (χ0v) is 18.7. The first-order chi connectivity index (χ1) is 14.9. The van der Waals surface area contributed by atoms with Gasteiger partial charge in [-0.25, -0.2) is 8.42 Å². The summed E-state index contributed by atoms with van der Waals surface area (Å²) in [6.45, 7) is 2.22. The van der Waals surface area contributed by atoms with Crippen molar-refractivity contribution in [2.45, 2.75) is 4.90 Å². The Hall–Kier alpha value is -2.82. The Kier molecular flexibility index (Phi) is 6.03. The molecule has 1 aromatic heterocycles. The number of ether oxygens (including phenoxy) is 3. The molecule has 0 bridgehead atoms. The Morgan fingerprint density at radius 1 is 1.06 bits per heavy atom. The van der Waals surface area contributed by atoms with Crippen LogP contribution in [0.25, 0.3) is 10.1 Å². The lowest BCUT2D eigenvalue weighted by Crippen LogP contribution is -2.40. The number of nitrogens with one attached hydrogen (secondary N) is 1. The topological polar surface area (TPSA) is 94.2 Å². The average molecular weight is 463 g/mol. The van der Waals surface area contributed by atoms with E-state index < -0.39 is 10.0 Å². The molecule has 4 rings (SSSR count). The average Bonchev–Trinajstić information content (AvgIpc) is 3.21. The first-order valence-corrected chi connectivity index (χ1v) is 11.9. The highest BCUT2D eigenvalue weighted by molar-refractivity contribution is 7.92. The van der Waals surface area contributed by atoms with E-state index in [0.717, 1.165) is 10.1 Å². The molecule has 1 aliphatic heterocycles. The van der Waals surface area contributed by atoms with Crippen molar-refractivity contribution < 1.29 is 27.4 Å². The molecule has 10 heteroatoms. The van der Waals surface area contributed by atoms with Crippen LogP contribution in [0.4, 0.5) is 5.69 Å². The Morgan fingerprint density at radius 3 is 2.55 bits per heavy atom. The molecule has 1 fully saturated rings. The van der Waals surface area contributed by atoms with Crippen molar-refractivity contribution in [3.8, 4) is 11.5 Å². The molecule has 2 aromatic carbocycles. The normalized spacial score (nSPS) is 14.5. The number of morpholine rings is 1. The van der Waals surface area contributed by atoms with Gasteiger partial charge in [-0.05, 0) is 41.8 Å². The maximum absolute atomic E-state index is 13.0. The van der Waals surface area contributed by atoms with Crippen LogP contribution < -0.4 is 14.2 Å². The highest BCUT2D eigenvalue weighted by atomic mass is 32.2. The number of amides is 1. The summed E-state index contributed by atoms with van der Waals surface area (Å²) in [5, 5.41) is 0.791. The Labute approximate surface area is 184 Å². The van der Waals surface area contributed by atoms with Gasteiger partial charge in [0.15, 0.2) is 0 Å². The SMILES string of the molecule is COc1ccc(OC)c(S(=O)(=O)Nc2ccc3sc(C(=O)N4CCOCC4)cc3c2)c1. The molecule has 0 radical (unpaired) electrons. The summed E-state index contributed by atoms with van der Waals surface area (Å²) in [5.41, 5.74) is 0.389. The van der Waals surface area contributed by atoms with E-state index in [1.54, 1.807) is 41.3 Å². The Morgan fingerprint density at radius 2 is 1.84 bits per heavy atom. The summed E-state index contributed by atoms with van der Waals surface area (Å²) in [4.78, 5) is 15.1. The Bertz CT molecular complexity index is 1220. The summed E-state index contributed by atoms with van der Waals surface area (Å²) < 4.78 is 45.1. The zero-order valence-electron chi connectivity index (χ0n) is 17.1.